The van der Waals surface area contributed by atoms with E-state index in [0.29, 0.717) is 0 Å². The van der Waals surface area contributed by atoms with Gasteiger partial charge in [-0.1, -0.05) is 18.2 Å². The first-order chi connectivity index (χ1) is 11.4. The first kappa shape index (κ1) is 16.5. The Bertz CT molecular complexity index is 741. The SMILES string of the molecule is CN1CC(NC(=O)c2cnc(C(C)(C)CF)o2)Cc2ccccc21. The number of carbonyl (C=O) groups excluding carboxylic acids is 1. The lowest BCUT2D eigenvalue weighted by Gasteiger charge is -2.33. The largest absolute Gasteiger partial charge is 0.435 e. The highest BCUT2D eigenvalue weighted by atomic mass is 19.1. The number of fused-ring (bicyclic) bond motifs is 1. The van der Waals surface area contributed by atoms with Gasteiger partial charge in [0.05, 0.1) is 17.7 Å². The highest BCUT2D eigenvalue weighted by molar-refractivity contribution is 5.91. The Labute approximate surface area is 140 Å². The molecule has 3 rings (SSSR count). The number of carbonyl (C=O) groups is 1. The Hall–Kier alpha value is -2.37. The van der Waals surface area contributed by atoms with Crippen molar-refractivity contribution in [1.82, 2.24) is 10.3 Å². The van der Waals surface area contributed by atoms with Crippen molar-refractivity contribution in [1.29, 1.82) is 0 Å². The minimum Gasteiger partial charge on any atom is -0.435 e. The Balaban J connectivity index is 1.70. The number of nitrogens with zero attached hydrogens (tertiary/aromatic N) is 2. The molecule has 0 saturated heterocycles. The molecular formula is C18H22FN3O2. The molecule has 0 radical (unpaired) electrons. The average molecular weight is 331 g/mol. The molecule has 24 heavy (non-hydrogen) atoms. The zero-order valence-corrected chi connectivity index (χ0v) is 14.2. The van der Waals surface area contributed by atoms with Crippen molar-refractivity contribution < 1.29 is 13.6 Å². The van der Waals surface area contributed by atoms with Gasteiger partial charge in [-0.15, -0.1) is 0 Å². The third-order valence-corrected chi connectivity index (χ3v) is 4.34. The summed E-state index contributed by atoms with van der Waals surface area (Å²) >= 11 is 0. The Morgan fingerprint density at radius 3 is 2.96 bits per heavy atom. The van der Waals surface area contributed by atoms with Crippen molar-refractivity contribution in [2.24, 2.45) is 0 Å². The summed E-state index contributed by atoms with van der Waals surface area (Å²) in [6.45, 7) is 3.50. The number of aromatic nitrogens is 1. The van der Waals surface area contributed by atoms with E-state index in [2.05, 4.69) is 27.3 Å². The number of rotatable bonds is 4. The van der Waals surface area contributed by atoms with Gasteiger partial charge in [0.25, 0.3) is 5.91 Å². The number of oxazole rings is 1. The van der Waals surface area contributed by atoms with Crippen molar-refractivity contribution >= 4 is 11.6 Å². The second-order valence-electron chi connectivity index (χ2n) is 6.93. The number of likely N-dealkylation sites (N-methyl/N-ethyl adjacent to an activating group) is 1. The summed E-state index contributed by atoms with van der Waals surface area (Å²) < 4.78 is 18.5. The molecule has 0 spiro atoms. The summed E-state index contributed by atoms with van der Waals surface area (Å²) in [5.41, 5.74) is 1.56. The molecule has 1 aliphatic rings. The fraction of sp³-hybridized carbons (Fsp3) is 0.444. The van der Waals surface area contributed by atoms with Gasteiger partial charge < -0.3 is 14.6 Å². The van der Waals surface area contributed by atoms with Crippen LogP contribution in [0.25, 0.3) is 0 Å². The Kier molecular flexibility index (Phi) is 4.30. The van der Waals surface area contributed by atoms with Crippen LogP contribution in [0.15, 0.2) is 34.9 Å². The molecule has 2 heterocycles. The first-order valence-corrected chi connectivity index (χ1v) is 8.03. The van der Waals surface area contributed by atoms with Gasteiger partial charge in [-0.3, -0.25) is 4.79 Å². The molecule has 1 aliphatic heterocycles. The zero-order chi connectivity index (χ0) is 17.3. The smallest absolute Gasteiger partial charge is 0.289 e. The molecule has 5 nitrogen and oxygen atoms in total. The molecule has 1 atom stereocenters. The van der Waals surface area contributed by atoms with E-state index in [-0.39, 0.29) is 23.6 Å². The van der Waals surface area contributed by atoms with Crippen LogP contribution in [-0.4, -0.2) is 37.2 Å². The molecule has 1 N–H and O–H groups in total. The summed E-state index contributed by atoms with van der Waals surface area (Å²) in [6.07, 6.45) is 2.13. The second-order valence-corrected chi connectivity index (χ2v) is 6.93. The Morgan fingerprint density at radius 1 is 1.46 bits per heavy atom. The van der Waals surface area contributed by atoms with Crippen molar-refractivity contribution in [2.45, 2.75) is 31.7 Å². The fourth-order valence-electron chi connectivity index (χ4n) is 2.92. The van der Waals surface area contributed by atoms with Gasteiger partial charge >= 0.3 is 0 Å². The Morgan fingerprint density at radius 2 is 2.21 bits per heavy atom. The lowest BCUT2D eigenvalue weighted by Crippen LogP contribution is -2.47. The van der Waals surface area contributed by atoms with Gasteiger partial charge in [0.2, 0.25) is 11.7 Å². The number of hydrogen-bond acceptors (Lipinski definition) is 4. The van der Waals surface area contributed by atoms with Crippen LogP contribution in [0.5, 0.6) is 0 Å². The summed E-state index contributed by atoms with van der Waals surface area (Å²) in [4.78, 5) is 18.6. The van der Waals surface area contributed by atoms with Crippen LogP contribution in [0.4, 0.5) is 10.1 Å². The standard InChI is InChI=1S/C18H22FN3O2/c1-18(2,11-19)17-20-9-15(24-17)16(23)21-13-8-12-6-4-5-7-14(12)22(3)10-13/h4-7,9,13H,8,10-11H2,1-3H3,(H,21,23). The molecule has 0 bridgehead atoms. The van der Waals surface area contributed by atoms with E-state index in [1.54, 1.807) is 13.8 Å². The molecule has 1 aromatic carbocycles. The van der Waals surface area contributed by atoms with Crippen LogP contribution in [-0.2, 0) is 11.8 Å². The second kappa shape index (κ2) is 6.26. The molecule has 6 heteroatoms. The highest BCUT2D eigenvalue weighted by Gasteiger charge is 2.29. The number of alkyl halides is 1. The van der Waals surface area contributed by atoms with Gasteiger partial charge in [-0.2, -0.15) is 0 Å². The van der Waals surface area contributed by atoms with Crippen LogP contribution >= 0.6 is 0 Å². The van der Waals surface area contributed by atoms with Crippen LogP contribution in [0.3, 0.4) is 0 Å². The quantitative estimate of drug-likeness (QED) is 0.936. The maximum atomic E-state index is 13.0. The van der Waals surface area contributed by atoms with Crippen molar-refractivity contribution in [3.8, 4) is 0 Å². The maximum Gasteiger partial charge on any atom is 0.289 e. The van der Waals surface area contributed by atoms with Crippen LogP contribution in [0.2, 0.25) is 0 Å². The minimum atomic E-state index is -0.831. The molecule has 2 aromatic rings. The number of halogens is 1. The normalized spacial score (nSPS) is 17.5. The first-order valence-electron chi connectivity index (χ1n) is 8.03. The molecule has 0 saturated carbocycles. The number of anilines is 1. The molecule has 128 valence electrons. The molecule has 0 fully saturated rings. The molecular weight excluding hydrogens is 309 g/mol. The van der Waals surface area contributed by atoms with Crippen molar-refractivity contribution in [2.75, 3.05) is 25.2 Å². The van der Waals surface area contributed by atoms with Crippen molar-refractivity contribution in [3.05, 3.63) is 47.7 Å². The van der Waals surface area contributed by atoms with E-state index in [1.165, 1.54) is 17.4 Å². The maximum absolute atomic E-state index is 13.0. The molecule has 1 aromatic heterocycles. The van der Waals surface area contributed by atoms with Gasteiger partial charge in [0.1, 0.15) is 6.67 Å². The lowest BCUT2D eigenvalue weighted by molar-refractivity contribution is 0.0904. The van der Waals surface area contributed by atoms with Crippen LogP contribution in [0.1, 0.15) is 35.9 Å². The highest BCUT2D eigenvalue weighted by Crippen LogP contribution is 2.26. The topological polar surface area (TPSA) is 58.4 Å². The number of hydrogen-bond donors (Lipinski definition) is 1. The van der Waals surface area contributed by atoms with E-state index < -0.39 is 12.1 Å². The van der Waals surface area contributed by atoms with Gasteiger partial charge in [-0.05, 0) is 31.9 Å². The molecule has 1 unspecified atom stereocenters. The third kappa shape index (κ3) is 3.13. The number of benzene rings is 1. The van der Waals surface area contributed by atoms with E-state index in [1.807, 2.05) is 19.2 Å². The van der Waals surface area contributed by atoms with Gasteiger partial charge in [0, 0.05) is 19.3 Å². The number of para-hydroxylation sites is 1. The summed E-state index contributed by atoms with van der Waals surface area (Å²) in [6, 6.07) is 8.14. The van der Waals surface area contributed by atoms with E-state index >= 15 is 0 Å². The van der Waals surface area contributed by atoms with Crippen LogP contribution in [0, 0.1) is 0 Å². The summed E-state index contributed by atoms with van der Waals surface area (Å²) in [5, 5.41) is 2.98. The number of amides is 1. The van der Waals surface area contributed by atoms with Gasteiger partial charge in [0.15, 0.2) is 0 Å². The predicted molar refractivity (Wildman–Crippen MR) is 90.2 cm³/mol. The molecule has 0 aliphatic carbocycles. The van der Waals surface area contributed by atoms with Crippen LogP contribution < -0.4 is 10.2 Å². The fourth-order valence-corrected chi connectivity index (χ4v) is 2.92. The minimum absolute atomic E-state index is 0.0138. The van der Waals surface area contributed by atoms with Crippen molar-refractivity contribution in [3.63, 3.8) is 0 Å². The van der Waals surface area contributed by atoms with Gasteiger partial charge in [-0.25, -0.2) is 9.37 Å². The predicted octanol–water partition coefficient (Wildman–Crippen LogP) is 2.71. The lowest BCUT2D eigenvalue weighted by atomic mass is 9.96. The molecule has 1 amide bonds. The third-order valence-electron chi connectivity index (χ3n) is 4.34. The zero-order valence-electron chi connectivity index (χ0n) is 14.2. The monoisotopic (exact) mass is 331 g/mol. The summed E-state index contributed by atoms with van der Waals surface area (Å²) in [7, 11) is 2.01. The van der Waals surface area contributed by atoms with E-state index in [0.717, 1.165) is 13.0 Å². The van der Waals surface area contributed by atoms with E-state index in [9.17, 15) is 9.18 Å². The average Bonchev–Trinajstić information content (AvgIpc) is 3.06. The summed E-state index contributed by atoms with van der Waals surface area (Å²) in [5.74, 6) is 0.0375. The number of nitrogens with one attached hydrogen (secondary N) is 1. The van der Waals surface area contributed by atoms with E-state index in [4.69, 9.17) is 4.42 Å².